The number of imidazole rings is 1. The van der Waals surface area contributed by atoms with Crippen molar-refractivity contribution in [3.8, 4) is 5.75 Å². The van der Waals surface area contributed by atoms with Crippen LogP contribution in [0.4, 0.5) is 5.69 Å². The summed E-state index contributed by atoms with van der Waals surface area (Å²) < 4.78 is 26.1. The Kier molecular flexibility index (Phi) is 5.91. The van der Waals surface area contributed by atoms with E-state index in [0.29, 0.717) is 29.1 Å². The lowest BCUT2D eigenvalue weighted by Gasteiger charge is -2.27. The molecule has 32 heavy (non-hydrogen) atoms. The molecule has 4 rings (SSSR count). The summed E-state index contributed by atoms with van der Waals surface area (Å²) in [6.07, 6.45) is 6.83. The van der Waals surface area contributed by atoms with Crippen LogP contribution in [0.1, 0.15) is 35.5 Å². The fourth-order valence-electron chi connectivity index (χ4n) is 3.20. The number of anilines is 1. The van der Waals surface area contributed by atoms with Crippen molar-refractivity contribution in [2.45, 2.75) is 25.9 Å². The number of nitrogens with one attached hydrogen (secondary N) is 2. The minimum absolute atomic E-state index is 0.136. The molecular formula is C21H23N7O3S. The molecule has 0 aliphatic carbocycles. The molecule has 1 aliphatic rings. The molecule has 166 valence electrons. The Morgan fingerprint density at radius 2 is 2.16 bits per heavy atom. The number of nitrogens with zero attached hydrogens (tertiary/aromatic N) is 4. The lowest BCUT2D eigenvalue weighted by Crippen LogP contribution is -2.48. The van der Waals surface area contributed by atoms with Gasteiger partial charge in [0.2, 0.25) is 11.2 Å². The molecule has 0 saturated heterocycles. The lowest BCUT2D eigenvalue weighted by atomic mass is 10.1. The molecule has 1 amide bonds. The topological polar surface area (TPSA) is 137 Å². The highest BCUT2D eigenvalue weighted by Crippen LogP contribution is 2.30. The van der Waals surface area contributed by atoms with Crippen molar-refractivity contribution in [3.63, 3.8) is 0 Å². The Bertz CT molecular complexity index is 1190. The van der Waals surface area contributed by atoms with Crippen molar-refractivity contribution in [2.75, 3.05) is 11.3 Å². The van der Waals surface area contributed by atoms with Crippen LogP contribution in [0.2, 0.25) is 0 Å². The van der Waals surface area contributed by atoms with Gasteiger partial charge in [-0.15, -0.1) is 0 Å². The predicted octanol–water partition coefficient (Wildman–Crippen LogP) is 1.62. The number of aromatic nitrogens is 3. The van der Waals surface area contributed by atoms with Crippen LogP contribution in [-0.2, 0) is 17.7 Å². The van der Waals surface area contributed by atoms with E-state index in [1.54, 1.807) is 49.1 Å². The monoisotopic (exact) mass is 453 g/mol. The van der Waals surface area contributed by atoms with Crippen molar-refractivity contribution in [2.24, 2.45) is 10.1 Å². The fraction of sp³-hybridized carbons (Fsp3) is 0.238. The number of nitrogens with two attached hydrogens (primary N) is 1. The number of rotatable bonds is 7. The van der Waals surface area contributed by atoms with E-state index < -0.39 is 16.7 Å². The second-order valence-electron chi connectivity index (χ2n) is 7.90. The molecule has 11 heteroatoms. The van der Waals surface area contributed by atoms with E-state index in [0.717, 1.165) is 5.69 Å². The van der Waals surface area contributed by atoms with Gasteiger partial charge in [-0.1, -0.05) is 6.07 Å². The lowest BCUT2D eigenvalue weighted by molar-refractivity contribution is 0.0880. The summed E-state index contributed by atoms with van der Waals surface area (Å²) >= 11 is -1.61. The maximum Gasteiger partial charge on any atom is 0.251 e. The maximum absolute atomic E-state index is 12.9. The highest BCUT2D eigenvalue weighted by Gasteiger charge is 2.25. The van der Waals surface area contributed by atoms with Gasteiger partial charge in [0.25, 0.3) is 5.91 Å². The number of amidine groups is 1. The van der Waals surface area contributed by atoms with E-state index in [1.807, 2.05) is 24.6 Å². The molecule has 0 saturated carbocycles. The molecule has 10 nitrogen and oxygen atoms in total. The number of pyridine rings is 1. The highest BCUT2D eigenvalue weighted by molar-refractivity contribution is 7.85. The normalized spacial score (nSPS) is 15.3. The molecule has 3 aromatic rings. The molecule has 3 heterocycles. The highest BCUT2D eigenvalue weighted by atomic mass is 32.2. The van der Waals surface area contributed by atoms with Crippen molar-refractivity contribution >= 4 is 28.6 Å². The minimum Gasteiger partial charge on any atom is -0.490 e. The third kappa shape index (κ3) is 4.94. The average molecular weight is 454 g/mol. The SMILES string of the molecule is CC(C)(COc1cccc2c1C(N)=NS(=O)N2)NC(=O)c1ccnc(Cn2ccnc2)c1. The van der Waals surface area contributed by atoms with Gasteiger partial charge in [0, 0.05) is 24.2 Å². The quantitative estimate of drug-likeness (QED) is 0.497. The fourth-order valence-corrected chi connectivity index (χ4v) is 3.87. The van der Waals surface area contributed by atoms with Crippen LogP contribution < -0.4 is 20.5 Å². The van der Waals surface area contributed by atoms with Crippen molar-refractivity contribution in [1.29, 1.82) is 0 Å². The summed E-state index contributed by atoms with van der Waals surface area (Å²) in [6, 6.07) is 8.68. The largest absolute Gasteiger partial charge is 0.490 e. The molecule has 0 fully saturated rings. The standard InChI is InChI=1S/C21H23N7O3S/c1-21(2,12-31-17-5-3-4-16-18(17)19(22)27-32(30)26-16)25-20(29)14-6-7-24-15(10-14)11-28-9-8-23-13-28/h3-10,13,26H,11-12H2,1-2H3,(H2,22,27)(H,25,29). The molecule has 0 radical (unpaired) electrons. The summed E-state index contributed by atoms with van der Waals surface area (Å²) in [5.41, 5.74) is 7.64. The van der Waals surface area contributed by atoms with E-state index in [-0.39, 0.29) is 18.3 Å². The first-order valence-corrected chi connectivity index (χ1v) is 10.9. The summed E-state index contributed by atoms with van der Waals surface area (Å²) in [7, 11) is 0. The van der Waals surface area contributed by atoms with Crippen LogP contribution in [0, 0.1) is 0 Å². The number of fused-ring (bicyclic) bond motifs is 1. The number of hydrogen-bond donors (Lipinski definition) is 3. The first-order valence-electron chi connectivity index (χ1n) is 9.83. The van der Waals surface area contributed by atoms with Crippen LogP contribution in [-0.4, -0.2) is 42.6 Å². The first-order chi connectivity index (χ1) is 15.3. The van der Waals surface area contributed by atoms with Crippen LogP contribution in [0.3, 0.4) is 0 Å². The molecule has 1 atom stereocenters. The van der Waals surface area contributed by atoms with E-state index in [2.05, 4.69) is 24.4 Å². The van der Waals surface area contributed by atoms with Gasteiger partial charge in [0.05, 0.1) is 35.4 Å². The summed E-state index contributed by atoms with van der Waals surface area (Å²) in [5, 5.41) is 2.99. The van der Waals surface area contributed by atoms with Gasteiger partial charge < -0.3 is 20.4 Å². The van der Waals surface area contributed by atoms with Gasteiger partial charge >= 0.3 is 0 Å². The van der Waals surface area contributed by atoms with Crippen LogP contribution in [0.25, 0.3) is 0 Å². The van der Waals surface area contributed by atoms with E-state index in [9.17, 15) is 9.00 Å². The minimum atomic E-state index is -1.61. The first kappa shape index (κ1) is 21.5. The zero-order chi connectivity index (χ0) is 22.7. The van der Waals surface area contributed by atoms with Gasteiger partial charge in [-0.3, -0.25) is 14.5 Å². The average Bonchev–Trinajstić information content (AvgIpc) is 3.25. The van der Waals surface area contributed by atoms with E-state index >= 15 is 0 Å². The molecule has 0 spiro atoms. The Hall–Kier alpha value is -3.73. The van der Waals surface area contributed by atoms with E-state index in [4.69, 9.17) is 10.5 Å². The van der Waals surface area contributed by atoms with Gasteiger partial charge in [0.1, 0.15) is 18.2 Å². The van der Waals surface area contributed by atoms with E-state index in [1.165, 1.54) is 0 Å². The number of carbonyl (C=O) groups is 1. The Morgan fingerprint density at radius 1 is 1.31 bits per heavy atom. The van der Waals surface area contributed by atoms with Crippen molar-refractivity contribution < 1.29 is 13.7 Å². The van der Waals surface area contributed by atoms with Gasteiger partial charge in [0.15, 0.2) is 0 Å². The Balaban J connectivity index is 1.42. The Labute approximate surface area is 187 Å². The van der Waals surface area contributed by atoms with Crippen molar-refractivity contribution in [1.82, 2.24) is 19.9 Å². The van der Waals surface area contributed by atoms with Crippen LogP contribution in [0.15, 0.2) is 59.6 Å². The number of amides is 1. The summed E-state index contributed by atoms with van der Waals surface area (Å²) in [6.45, 7) is 4.42. The smallest absolute Gasteiger partial charge is 0.251 e. The maximum atomic E-state index is 12.9. The van der Waals surface area contributed by atoms with Crippen LogP contribution in [0.5, 0.6) is 5.75 Å². The number of carbonyl (C=O) groups excluding carboxylic acids is 1. The van der Waals surface area contributed by atoms with Gasteiger partial charge in [-0.2, -0.15) is 4.40 Å². The van der Waals surface area contributed by atoms with Gasteiger partial charge in [-0.25, -0.2) is 9.19 Å². The molecule has 1 unspecified atom stereocenters. The van der Waals surface area contributed by atoms with Crippen LogP contribution >= 0.6 is 0 Å². The second-order valence-corrected chi connectivity index (χ2v) is 8.79. The third-order valence-corrected chi connectivity index (χ3v) is 5.44. The number of benzene rings is 1. The molecule has 4 N–H and O–H groups in total. The molecular weight excluding hydrogens is 430 g/mol. The summed E-state index contributed by atoms with van der Waals surface area (Å²) in [4.78, 5) is 21.2. The van der Waals surface area contributed by atoms with Gasteiger partial charge in [-0.05, 0) is 38.1 Å². The molecule has 1 aromatic carbocycles. The molecule has 1 aliphatic heterocycles. The third-order valence-electron chi connectivity index (χ3n) is 4.68. The zero-order valence-electron chi connectivity index (χ0n) is 17.6. The Morgan fingerprint density at radius 3 is 2.94 bits per heavy atom. The number of ether oxygens (including phenoxy) is 1. The predicted molar refractivity (Wildman–Crippen MR) is 122 cm³/mol. The van der Waals surface area contributed by atoms with Crippen molar-refractivity contribution in [3.05, 3.63) is 72.1 Å². The molecule has 0 bridgehead atoms. The summed E-state index contributed by atoms with van der Waals surface area (Å²) in [5.74, 6) is 0.389. The second kappa shape index (κ2) is 8.79. The molecule has 2 aromatic heterocycles. The number of hydrogen-bond acceptors (Lipinski definition) is 6. The zero-order valence-corrected chi connectivity index (χ0v) is 18.4.